The van der Waals surface area contributed by atoms with Gasteiger partial charge in [-0.15, -0.1) is 0 Å². The van der Waals surface area contributed by atoms with Gasteiger partial charge in [-0.2, -0.15) is 0 Å². The number of anilines is 1. The van der Waals surface area contributed by atoms with Crippen molar-refractivity contribution < 1.29 is 29.0 Å². The van der Waals surface area contributed by atoms with Crippen LogP contribution in [0, 0.1) is 13.8 Å². The largest absolute Gasteiger partial charge is 0.507 e. The molecule has 44 heavy (non-hydrogen) atoms. The third kappa shape index (κ3) is 11.5. The average molecular weight is 611 g/mol. The predicted molar refractivity (Wildman–Crippen MR) is 172 cm³/mol. The summed E-state index contributed by atoms with van der Waals surface area (Å²) in [6.45, 7) is 11.0. The van der Waals surface area contributed by atoms with E-state index in [0.717, 1.165) is 37.7 Å². The fraction of sp³-hybridized carbons (Fsp3) is 0.529. The van der Waals surface area contributed by atoms with Gasteiger partial charge < -0.3 is 31.1 Å². The number of ether oxygens (including phenoxy) is 1. The molecule has 242 valence electrons. The van der Waals surface area contributed by atoms with E-state index < -0.39 is 41.5 Å². The Hall–Kier alpha value is -4.08. The minimum atomic E-state index is -1.24. The first-order valence-electron chi connectivity index (χ1n) is 15.5. The number of carbonyl (C=O) groups is 4. The van der Waals surface area contributed by atoms with E-state index in [0.29, 0.717) is 17.7 Å². The number of aryl methyl sites for hydroxylation is 2. The first-order valence-corrected chi connectivity index (χ1v) is 15.5. The highest BCUT2D eigenvalue weighted by molar-refractivity contribution is 6.00. The van der Waals surface area contributed by atoms with Crippen LogP contribution in [0.25, 0.3) is 0 Å². The number of hydrogen-bond acceptors (Lipinski definition) is 6. The van der Waals surface area contributed by atoms with Gasteiger partial charge in [-0.05, 0) is 64.7 Å². The molecule has 0 saturated heterocycles. The predicted octanol–water partition coefficient (Wildman–Crippen LogP) is 6.04. The van der Waals surface area contributed by atoms with Crippen LogP contribution >= 0.6 is 0 Å². The van der Waals surface area contributed by atoms with Gasteiger partial charge in [0.2, 0.25) is 11.8 Å². The van der Waals surface area contributed by atoms with E-state index in [9.17, 15) is 24.3 Å². The minimum Gasteiger partial charge on any atom is -0.507 e. The molecule has 0 spiro atoms. The Bertz CT molecular complexity index is 1270. The van der Waals surface area contributed by atoms with Gasteiger partial charge in [-0.25, -0.2) is 4.79 Å². The van der Waals surface area contributed by atoms with Crippen LogP contribution < -0.4 is 16.4 Å². The van der Waals surface area contributed by atoms with Crippen LogP contribution in [0.5, 0.6) is 5.75 Å². The molecule has 2 atom stereocenters. The van der Waals surface area contributed by atoms with Gasteiger partial charge in [0.1, 0.15) is 23.4 Å². The first kappa shape index (κ1) is 36.1. The molecular formula is C34H50N4O6. The second-order valence-corrected chi connectivity index (χ2v) is 12.2. The molecule has 2 rings (SSSR count). The van der Waals surface area contributed by atoms with Gasteiger partial charge in [0, 0.05) is 24.2 Å². The lowest BCUT2D eigenvalue weighted by Crippen LogP contribution is -2.53. The third-order valence-corrected chi connectivity index (χ3v) is 7.23. The maximum absolute atomic E-state index is 14.4. The number of rotatable bonds is 16. The Balaban J connectivity index is 2.59. The van der Waals surface area contributed by atoms with Crippen LogP contribution in [0.2, 0.25) is 0 Å². The number of nitrogens with zero attached hydrogens (tertiary/aromatic N) is 1. The SMILES string of the molecule is CCCCCCCCN(C(=O)C(CCC(N)=O)NC(=O)OC(C)(C)C)C(C(=O)Nc1ccccc1C)c1cccc(C)c1O. The number of amides is 4. The molecule has 0 bridgehead atoms. The molecule has 4 amide bonds. The molecule has 0 aliphatic carbocycles. The minimum absolute atomic E-state index is 0.0909. The van der Waals surface area contributed by atoms with Gasteiger partial charge in [0.05, 0.1) is 0 Å². The van der Waals surface area contributed by atoms with Crippen molar-refractivity contribution in [2.45, 2.75) is 111 Å². The summed E-state index contributed by atoms with van der Waals surface area (Å²) >= 11 is 0. The topological polar surface area (TPSA) is 151 Å². The van der Waals surface area contributed by atoms with Crippen LogP contribution in [0.15, 0.2) is 42.5 Å². The van der Waals surface area contributed by atoms with Gasteiger partial charge in [-0.3, -0.25) is 14.4 Å². The molecule has 0 fully saturated rings. The molecule has 0 heterocycles. The number of primary amides is 1. The second kappa shape index (κ2) is 17.3. The molecule has 10 heteroatoms. The van der Waals surface area contributed by atoms with Gasteiger partial charge in [0.25, 0.3) is 5.91 Å². The Labute approximate surface area is 261 Å². The summed E-state index contributed by atoms with van der Waals surface area (Å²) in [4.78, 5) is 54.5. The lowest BCUT2D eigenvalue weighted by molar-refractivity contribution is -0.141. The number of hydrogen-bond donors (Lipinski definition) is 4. The molecule has 0 radical (unpaired) electrons. The fourth-order valence-electron chi connectivity index (χ4n) is 4.89. The van der Waals surface area contributed by atoms with E-state index in [-0.39, 0.29) is 30.7 Å². The zero-order valence-corrected chi connectivity index (χ0v) is 27.1. The van der Waals surface area contributed by atoms with Crippen LogP contribution in [-0.2, 0) is 19.1 Å². The summed E-state index contributed by atoms with van der Waals surface area (Å²) in [5, 5.41) is 16.7. The van der Waals surface area contributed by atoms with Crippen LogP contribution in [-0.4, -0.2) is 52.0 Å². The fourth-order valence-corrected chi connectivity index (χ4v) is 4.89. The molecular weight excluding hydrogens is 560 g/mol. The summed E-state index contributed by atoms with van der Waals surface area (Å²) in [7, 11) is 0. The van der Waals surface area contributed by atoms with Gasteiger partial charge in [0.15, 0.2) is 0 Å². The van der Waals surface area contributed by atoms with Crippen molar-refractivity contribution in [3.63, 3.8) is 0 Å². The van der Waals surface area contributed by atoms with Crippen molar-refractivity contribution in [2.24, 2.45) is 5.73 Å². The quantitative estimate of drug-likeness (QED) is 0.170. The normalized spacial score (nSPS) is 12.6. The van der Waals surface area contributed by atoms with Crippen molar-refractivity contribution in [1.82, 2.24) is 10.2 Å². The highest BCUT2D eigenvalue weighted by Gasteiger charge is 2.37. The smallest absolute Gasteiger partial charge is 0.408 e. The van der Waals surface area contributed by atoms with Crippen molar-refractivity contribution in [3.8, 4) is 5.75 Å². The molecule has 0 aliphatic heterocycles. The van der Waals surface area contributed by atoms with E-state index >= 15 is 0 Å². The number of aromatic hydroxyl groups is 1. The highest BCUT2D eigenvalue weighted by atomic mass is 16.6. The number of carbonyl (C=O) groups excluding carboxylic acids is 4. The lowest BCUT2D eigenvalue weighted by atomic mass is 9.97. The average Bonchev–Trinajstić information content (AvgIpc) is 2.94. The number of nitrogens with one attached hydrogen (secondary N) is 2. The Morgan fingerprint density at radius 2 is 1.57 bits per heavy atom. The van der Waals surface area contributed by atoms with E-state index in [2.05, 4.69) is 17.6 Å². The van der Waals surface area contributed by atoms with E-state index in [1.165, 1.54) is 4.90 Å². The molecule has 2 aromatic rings. The van der Waals surface area contributed by atoms with Gasteiger partial charge in [-0.1, -0.05) is 75.4 Å². The molecule has 5 N–H and O–H groups in total. The Morgan fingerprint density at radius 1 is 0.932 bits per heavy atom. The lowest BCUT2D eigenvalue weighted by Gasteiger charge is -2.35. The molecule has 0 aliphatic rings. The monoisotopic (exact) mass is 610 g/mol. The zero-order valence-electron chi connectivity index (χ0n) is 27.1. The molecule has 0 aromatic heterocycles. The summed E-state index contributed by atoms with van der Waals surface area (Å²) in [5.74, 6) is -1.85. The number of benzene rings is 2. The second-order valence-electron chi connectivity index (χ2n) is 12.2. The number of alkyl carbamates (subject to hydrolysis) is 1. The summed E-state index contributed by atoms with van der Waals surface area (Å²) < 4.78 is 5.40. The molecule has 2 aromatic carbocycles. The molecule has 0 saturated carbocycles. The van der Waals surface area contributed by atoms with Crippen molar-refractivity contribution in [2.75, 3.05) is 11.9 Å². The van der Waals surface area contributed by atoms with Crippen molar-refractivity contribution in [3.05, 3.63) is 59.2 Å². The van der Waals surface area contributed by atoms with Crippen LogP contribution in [0.1, 0.15) is 102 Å². The van der Waals surface area contributed by atoms with Gasteiger partial charge >= 0.3 is 6.09 Å². The van der Waals surface area contributed by atoms with Crippen LogP contribution in [0.3, 0.4) is 0 Å². The van der Waals surface area contributed by atoms with E-state index in [1.807, 2.05) is 19.1 Å². The Morgan fingerprint density at radius 3 is 2.20 bits per heavy atom. The number of phenols is 1. The van der Waals surface area contributed by atoms with E-state index in [1.54, 1.807) is 58.0 Å². The standard InChI is InChI=1S/C34H50N4O6/c1-7-8-9-10-11-14-22-38(32(42)27(20-21-28(35)39)37-33(43)44-34(4,5)6)29(25-18-15-17-24(3)30(25)40)31(41)36-26-19-13-12-16-23(26)2/h12-13,15-19,27,29,40H,7-11,14,20-22H2,1-6H3,(H2,35,39)(H,36,41)(H,37,43). The van der Waals surface area contributed by atoms with Crippen molar-refractivity contribution >= 4 is 29.5 Å². The maximum Gasteiger partial charge on any atom is 0.408 e. The highest BCUT2D eigenvalue weighted by Crippen LogP contribution is 2.34. The molecule has 2 unspecified atom stereocenters. The number of nitrogens with two attached hydrogens (primary N) is 1. The summed E-state index contributed by atoms with van der Waals surface area (Å²) in [6.07, 6.45) is 4.53. The summed E-state index contributed by atoms with van der Waals surface area (Å²) in [6, 6.07) is 9.88. The number of para-hydroxylation sites is 2. The number of phenolic OH excluding ortho intramolecular Hbond substituents is 1. The van der Waals surface area contributed by atoms with E-state index in [4.69, 9.17) is 10.5 Å². The number of unbranched alkanes of at least 4 members (excludes halogenated alkanes) is 5. The molecule has 10 nitrogen and oxygen atoms in total. The zero-order chi connectivity index (χ0) is 32.9. The van der Waals surface area contributed by atoms with Crippen molar-refractivity contribution in [1.29, 1.82) is 0 Å². The maximum atomic E-state index is 14.4. The Kier molecular flexibility index (Phi) is 14.2. The van der Waals surface area contributed by atoms with Crippen LogP contribution in [0.4, 0.5) is 10.5 Å². The third-order valence-electron chi connectivity index (χ3n) is 7.23. The first-order chi connectivity index (χ1) is 20.7. The summed E-state index contributed by atoms with van der Waals surface area (Å²) in [5.41, 5.74) is 6.78.